The molecule has 0 aromatic heterocycles. The molecule has 1 aromatic rings. The third-order valence-corrected chi connectivity index (χ3v) is 4.43. The lowest BCUT2D eigenvalue weighted by Gasteiger charge is -2.25. The lowest BCUT2D eigenvalue weighted by atomic mass is 9.89. The minimum Gasteiger partial charge on any atom is -0.371 e. The van der Waals surface area contributed by atoms with E-state index >= 15 is 0 Å². The zero-order chi connectivity index (χ0) is 19.1. The number of nitrogens with one attached hydrogen (secondary N) is 3. The maximum absolute atomic E-state index is 14.3. The van der Waals surface area contributed by atoms with Gasteiger partial charge in [0.15, 0.2) is 0 Å². The number of carbonyl (C=O) groups excluding carboxylic acids is 2. The van der Waals surface area contributed by atoms with Crippen molar-refractivity contribution in [3.8, 4) is 0 Å². The Kier molecular flexibility index (Phi) is 7.50. The van der Waals surface area contributed by atoms with Crippen LogP contribution in [0.5, 0.6) is 0 Å². The van der Waals surface area contributed by atoms with Gasteiger partial charge in [0.25, 0.3) is 0 Å². The summed E-state index contributed by atoms with van der Waals surface area (Å²) >= 11 is 0. The summed E-state index contributed by atoms with van der Waals surface area (Å²) in [6.45, 7) is 5.84. The fourth-order valence-corrected chi connectivity index (χ4v) is 3.14. The zero-order valence-electron chi connectivity index (χ0n) is 15.3. The highest BCUT2D eigenvalue weighted by Crippen LogP contribution is 2.31. The zero-order valence-corrected chi connectivity index (χ0v) is 15.3. The maximum atomic E-state index is 14.3. The minimum absolute atomic E-state index is 0.00963. The van der Waals surface area contributed by atoms with Gasteiger partial charge in [-0.3, -0.25) is 14.9 Å². The first kappa shape index (κ1) is 20.3. The first-order chi connectivity index (χ1) is 12.5. The van der Waals surface area contributed by atoms with Gasteiger partial charge in [-0.1, -0.05) is 20.3 Å². The quantitative estimate of drug-likeness (QED) is 0.718. The summed E-state index contributed by atoms with van der Waals surface area (Å²) in [6, 6.07) is 1.60. The first-order valence-electron chi connectivity index (χ1n) is 9.26. The van der Waals surface area contributed by atoms with Crippen LogP contribution in [0.25, 0.3) is 0 Å². The molecule has 5 nitrogen and oxygen atoms in total. The molecule has 144 valence electrons. The molecule has 0 spiro atoms. The molecule has 2 heterocycles. The van der Waals surface area contributed by atoms with Crippen molar-refractivity contribution >= 4 is 17.5 Å². The highest BCUT2D eigenvalue weighted by molar-refractivity contribution is 6.01. The average Bonchev–Trinajstić information content (AvgIpc) is 2.61. The number of benzene rings is 1. The Balaban J connectivity index is 0.000000758. The Bertz CT molecular complexity index is 646. The minimum atomic E-state index is -0.730. The fourth-order valence-electron chi connectivity index (χ4n) is 3.14. The van der Waals surface area contributed by atoms with Crippen molar-refractivity contribution in [3.05, 3.63) is 29.3 Å². The Morgan fingerprint density at radius 3 is 2.35 bits per heavy atom. The number of hydrogen-bond acceptors (Lipinski definition) is 4. The average molecular weight is 367 g/mol. The number of anilines is 1. The van der Waals surface area contributed by atoms with Crippen LogP contribution < -0.4 is 16.0 Å². The molecule has 0 saturated carbocycles. The third-order valence-electron chi connectivity index (χ3n) is 4.43. The molecule has 3 rings (SSSR count). The SMILES string of the molecule is CCC.O=C1CCC(Nc2cc(F)c(C3CCNCC3)cc2F)C(=O)N1. The highest BCUT2D eigenvalue weighted by Gasteiger charge is 2.28. The Morgan fingerprint density at radius 2 is 1.73 bits per heavy atom. The summed E-state index contributed by atoms with van der Waals surface area (Å²) in [5, 5.41) is 8.07. The molecule has 2 amide bonds. The van der Waals surface area contributed by atoms with E-state index in [4.69, 9.17) is 0 Å². The summed E-state index contributed by atoms with van der Waals surface area (Å²) < 4.78 is 28.6. The van der Waals surface area contributed by atoms with Gasteiger partial charge in [-0.15, -0.1) is 0 Å². The summed E-state index contributed by atoms with van der Waals surface area (Å²) in [4.78, 5) is 22.8. The number of carbonyl (C=O) groups is 2. The molecular formula is C19H27F2N3O2. The predicted molar refractivity (Wildman–Crippen MR) is 97.0 cm³/mol. The molecule has 0 bridgehead atoms. The highest BCUT2D eigenvalue weighted by atomic mass is 19.1. The van der Waals surface area contributed by atoms with Crippen LogP contribution in [0, 0.1) is 11.6 Å². The van der Waals surface area contributed by atoms with Gasteiger partial charge in [0.1, 0.15) is 17.7 Å². The van der Waals surface area contributed by atoms with Crippen LogP contribution in [0.3, 0.4) is 0 Å². The molecule has 26 heavy (non-hydrogen) atoms. The molecule has 1 aromatic carbocycles. The van der Waals surface area contributed by atoms with Crippen molar-refractivity contribution in [2.75, 3.05) is 18.4 Å². The number of piperidine rings is 2. The standard InChI is InChI=1S/C16H19F2N3O2.C3H8/c17-11-8-14(20-13-1-2-15(22)21-16(13)23)12(18)7-10(11)9-3-5-19-6-4-9;1-3-2/h7-9,13,19-20H,1-6H2,(H,21,22,23);3H2,1-2H3. The predicted octanol–water partition coefficient (Wildman–Crippen LogP) is 3.07. The van der Waals surface area contributed by atoms with E-state index in [-0.39, 0.29) is 30.4 Å². The van der Waals surface area contributed by atoms with Crippen LogP contribution in [0.2, 0.25) is 0 Å². The van der Waals surface area contributed by atoms with Gasteiger partial charge < -0.3 is 10.6 Å². The molecule has 3 N–H and O–H groups in total. The lowest BCUT2D eigenvalue weighted by molar-refractivity contribution is -0.133. The van der Waals surface area contributed by atoms with E-state index in [1.165, 1.54) is 12.5 Å². The number of amides is 2. The Morgan fingerprint density at radius 1 is 1.08 bits per heavy atom. The first-order valence-corrected chi connectivity index (χ1v) is 9.26. The Labute approximate surface area is 152 Å². The van der Waals surface area contributed by atoms with Crippen molar-refractivity contribution in [1.29, 1.82) is 0 Å². The van der Waals surface area contributed by atoms with Gasteiger partial charge in [-0.25, -0.2) is 8.78 Å². The van der Waals surface area contributed by atoms with Crippen molar-refractivity contribution in [2.45, 2.75) is 57.9 Å². The molecule has 2 fully saturated rings. The Hall–Kier alpha value is -2.02. The molecule has 1 unspecified atom stereocenters. The summed E-state index contributed by atoms with van der Waals surface area (Å²) in [5.74, 6) is -1.89. The van der Waals surface area contributed by atoms with Gasteiger partial charge >= 0.3 is 0 Å². The van der Waals surface area contributed by atoms with Crippen molar-refractivity contribution in [2.24, 2.45) is 0 Å². The maximum Gasteiger partial charge on any atom is 0.249 e. The molecule has 0 radical (unpaired) electrons. The van der Waals surface area contributed by atoms with Crippen molar-refractivity contribution < 1.29 is 18.4 Å². The third kappa shape index (κ3) is 5.24. The molecular weight excluding hydrogens is 340 g/mol. The summed E-state index contributed by atoms with van der Waals surface area (Å²) in [6.07, 6.45) is 3.25. The van der Waals surface area contributed by atoms with Gasteiger partial charge in [0.2, 0.25) is 11.8 Å². The van der Waals surface area contributed by atoms with Gasteiger partial charge in [0, 0.05) is 12.5 Å². The smallest absolute Gasteiger partial charge is 0.249 e. The van der Waals surface area contributed by atoms with Crippen LogP contribution in [-0.2, 0) is 9.59 Å². The molecule has 1 atom stereocenters. The van der Waals surface area contributed by atoms with E-state index in [0.29, 0.717) is 5.56 Å². The molecule has 2 saturated heterocycles. The van der Waals surface area contributed by atoms with Crippen LogP contribution in [0.1, 0.15) is 57.4 Å². The van der Waals surface area contributed by atoms with E-state index in [9.17, 15) is 18.4 Å². The van der Waals surface area contributed by atoms with Gasteiger partial charge in [0.05, 0.1) is 5.69 Å². The number of hydrogen-bond donors (Lipinski definition) is 3. The molecule has 2 aliphatic rings. The second-order valence-electron chi connectivity index (χ2n) is 6.73. The monoisotopic (exact) mass is 367 g/mol. The number of halogens is 2. The second-order valence-corrected chi connectivity index (χ2v) is 6.73. The summed E-state index contributed by atoms with van der Waals surface area (Å²) in [7, 11) is 0. The van der Waals surface area contributed by atoms with Crippen LogP contribution in [0.15, 0.2) is 12.1 Å². The lowest BCUT2D eigenvalue weighted by Crippen LogP contribution is -2.47. The van der Waals surface area contributed by atoms with E-state index < -0.39 is 23.6 Å². The van der Waals surface area contributed by atoms with Gasteiger partial charge in [-0.2, -0.15) is 0 Å². The molecule has 0 aliphatic carbocycles. The van der Waals surface area contributed by atoms with Crippen LogP contribution >= 0.6 is 0 Å². The van der Waals surface area contributed by atoms with Crippen molar-refractivity contribution in [3.63, 3.8) is 0 Å². The topological polar surface area (TPSA) is 70.2 Å². The van der Waals surface area contributed by atoms with E-state index in [1.54, 1.807) is 0 Å². The fraction of sp³-hybridized carbons (Fsp3) is 0.579. The van der Waals surface area contributed by atoms with E-state index in [1.807, 2.05) is 0 Å². The normalized spacial score (nSPS) is 20.8. The van der Waals surface area contributed by atoms with Gasteiger partial charge in [-0.05, 0) is 49.9 Å². The number of imide groups is 1. The molecule has 2 aliphatic heterocycles. The largest absolute Gasteiger partial charge is 0.371 e. The number of rotatable bonds is 3. The van der Waals surface area contributed by atoms with E-state index in [2.05, 4.69) is 29.8 Å². The molecule has 7 heteroatoms. The van der Waals surface area contributed by atoms with E-state index in [0.717, 1.165) is 32.0 Å². The van der Waals surface area contributed by atoms with Crippen LogP contribution in [0.4, 0.5) is 14.5 Å². The summed E-state index contributed by atoms with van der Waals surface area (Å²) in [5.41, 5.74) is 0.340. The van der Waals surface area contributed by atoms with Crippen LogP contribution in [-0.4, -0.2) is 30.9 Å². The van der Waals surface area contributed by atoms with Crippen molar-refractivity contribution in [1.82, 2.24) is 10.6 Å². The second kappa shape index (κ2) is 9.62.